The van der Waals surface area contributed by atoms with Gasteiger partial charge in [0.2, 0.25) is 0 Å². The molecular formula is C26H52O4. The summed E-state index contributed by atoms with van der Waals surface area (Å²) in [6.07, 6.45) is 21.0. The molecule has 1 N–H and O–H groups in total. The summed E-state index contributed by atoms with van der Waals surface area (Å²) in [5.74, 6) is -0.292. The van der Waals surface area contributed by atoms with Crippen molar-refractivity contribution in [2.45, 2.75) is 137 Å². The second-order valence-electron chi connectivity index (χ2n) is 9.88. The van der Waals surface area contributed by atoms with E-state index in [1.54, 1.807) is 20.8 Å². The van der Waals surface area contributed by atoms with E-state index in [4.69, 9.17) is 9.47 Å². The van der Waals surface area contributed by atoms with E-state index in [1.807, 2.05) is 0 Å². The summed E-state index contributed by atoms with van der Waals surface area (Å²) in [5.41, 5.74) is -0.534. The van der Waals surface area contributed by atoms with Crippen LogP contribution in [0.5, 0.6) is 0 Å². The lowest BCUT2D eigenvalue weighted by atomic mass is 9.97. The van der Waals surface area contributed by atoms with Crippen LogP contribution in [0.2, 0.25) is 0 Å². The Hall–Kier alpha value is -0.610. The van der Waals surface area contributed by atoms with Crippen LogP contribution in [0.15, 0.2) is 0 Å². The fraction of sp³-hybridized carbons (Fsp3) is 0.962. The molecule has 0 aliphatic rings. The van der Waals surface area contributed by atoms with Gasteiger partial charge in [0.05, 0.1) is 12.0 Å². The van der Waals surface area contributed by atoms with Crippen LogP contribution in [0.3, 0.4) is 0 Å². The Morgan fingerprint density at radius 1 is 0.700 bits per heavy atom. The molecule has 0 rings (SSSR count). The van der Waals surface area contributed by atoms with Crippen LogP contribution in [0.25, 0.3) is 0 Å². The molecule has 0 fully saturated rings. The third kappa shape index (κ3) is 20.7. The Kier molecular flexibility index (Phi) is 19.9. The zero-order chi connectivity index (χ0) is 22.5. The maximum atomic E-state index is 11.6. The topological polar surface area (TPSA) is 55.8 Å². The molecule has 180 valence electrons. The Morgan fingerprint density at radius 2 is 1.10 bits per heavy atom. The minimum absolute atomic E-state index is 0.00899. The molecule has 0 radical (unpaired) electrons. The number of unbranched alkanes of at least 4 members (excludes halogenated alkanes) is 15. The van der Waals surface area contributed by atoms with Crippen LogP contribution >= 0.6 is 0 Å². The van der Waals surface area contributed by atoms with Crippen molar-refractivity contribution in [3.63, 3.8) is 0 Å². The molecule has 4 nitrogen and oxygen atoms in total. The minimum atomic E-state index is -0.739. The molecule has 0 spiro atoms. The number of carbonyl (C=O) groups excluding carboxylic acids is 1. The van der Waals surface area contributed by atoms with Crippen molar-refractivity contribution in [1.82, 2.24) is 0 Å². The van der Waals surface area contributed by atoms with E-state index in [2.05, 4.69) is 6.92 Å². The highest BCUT2D eigenvalue weighted by molar-refractivity contribution is 5.75. The number of ether oxygens (including phenoxy) is 2. The average molecular weight is 429 g/mol. The number of esters is 1. The van der Waals surface area contributed by atoms with E-state index in [9.17, 15) is 9.90 Å². The lowest BCUT2D eigenvalue weighted by molar-refractivity contribution is -0.157. The van der Waals surface area contributed by atoms with Crippen LogP contribution in [-0.2, 0) is 14.3 Å². The second kappa shape index (κ2) is 20.3. The lowest BCUT2D eigenvalue weighted by Gasteiger charge is -2.18. The van der Waals surface area contributed by atoms with Gasteiger partial charge in [-0.25, -0.2) is 0 Å². The number of hydrogen-bond donors (Lipinski definition) is 1. The van der Waals surface area contributed by atoms with E-state index in [0.29, 0.717) is 6.61 Å². The Labute approximate surface area is 187 Å². The van der Waals surface area contributed by atoms with Crippen molar-refractivity contribution >= 4 is 5.97 Å². The van der Waals surface area contributed by atoms with Crippen LogP contribution in [0.1, 0.15) is 130 Å². The summed E-state index contributed by atoms with van der Waals surface area (Å²) in [5, 5.41) is 9.80. The summed E-state index contributed by atoms with van der Waals surface area (Å²) in [4.78, 5) is 11.6. The summed E-state index contributed by atoms with van der Waals surface area (Å²) in [7, 11) is 0. The molecule has 0 heterocycles. The molecule has 30 heavy (non-hydrogen) atoms. The first-order chi connectivity index (χ1) is 14.4. The largest absolute Gasteiger partial charge is 0.462 e. The highest BCUT2D eigenvalue weighted by Crippen LogP contribution is 2.15. The van der Waals surface area contributed by atoms with Crippen molar-refractivity contribution in [1.29, 1.82) is 0 Å². The van der Waals surface area contributed by atoms with Crippen molar-refractivity contribution < 1.29 is 19.4 Å². The van der Waals surface area contributed by atoms with Gasteiger partial charge in [0.15, 0.2) is 0 Å². The molecule has 0 saturated carbocycles. The van der Waals surface area contributed by atoms with E-state index < -0.39 is 11.5 Å². The molecule has 0 aliphatic carbocycles. The van der Waals surface area contributed by atoms with Gasteiger partial charge >= 0.3 is 5.97 Å². The van der Waals surface area contributed by atoms with Gasteiger partial charge in [0.1, 0.15) is 12.7 Å². The first-order valence-electron chi connectivity index (χ1n) is 12.8. The molecule has 0 saturated heterocycles. The normalized spacial score (nSPS) is 12.8. The highest BCUT2D eigenvalue weighted by atomic mass is 16.5. The van der Waals surface area contributed by atoms with Crippen LogP contribution in [0, 0.1) is 5.41 Å². The third-order valence-corrected chi connectivity index (χ3v) is 5.47. The van der Waals surface area contributed by atoms with Gasteiger partial charge in [-0.05, 0) is 27.2 Å². The van der Waals surface area contributed by atoms with E-state index in [0.717, 1.165) is 6.42 Å². The number of hydrogen-bond acceptors (Lipinski definition) is 4. The average Bonchev–Trinajstić information content (AvgIpc) is 2.70. The standard InChI is InChI=1S/C26H52O4/c1-5-6-7-8-9-10-11-12-13-14-15-16-17-18-19-20-21-29-22-24(27)23-30-25(28)26(2,3)4/h24,27H,5-23H2,1-4H3/t24-/m1/s1. The van der Waals surface area contributed by atoms with Gasteiger partial charge in [-0.2, -0.15) is 0 Å². The summed E-state index contributed by atoms with van der Waals surface area (Å²) >= 11 is 0. The maximum absolute atomic E-state index is 11.6. The first-order valence-corrected chi connectivity index (χ1v) is 12.8. The summed E-state index contributed by atoms with van der Waals surface area (Å²) in [6, 6.07) is 0. The first kappa shape index (κ1) is 29.4. The van der Waals surface area contributed by atoms with Crippen molar-refractivity contribution in [3.05, 3.63) is 0 Å². The van der Waals surface area contributed by atoms with Gasteiger partial charge in [0, 0.05) is 6.61 Å². The lowest BCUT2D eigenvalue weighted by Crippen LogP contribution is -2.29. The molecule has 0 aromatic carbocycles. The fourth-order valence-corrected chi connectivity index (χ4v) is 3.41. The van der Waals surface area contributed by atoms with E-state index in [-0.39, 0.29) is 19.2 Å². The van der Waals surface area contributed by atoms with Crippen LogP contribution in [0.4, 0.5) is 0 Å². The molecular weight excluding hydrogens is 376 g/mol. The second-order valence-corrected chi connectivity index (χ2v) is 9.88. The molecule has 0 aromatic heterocycles. The Balaban J connectivity index is 3.22. The number of rotatable bonds is 21. The monoisotopic (exact) mass is 428 g/mol. The summed E-state index contributed by atoms with van der Waals surface area (Å²) in [6.45, 7) is 8.59. The van der Waals surface area contributed by atoms with Crippen molar-refractivity contribution in [3.8, 4) is 0 Å². The van der Waals surface area contributed by atoms with Crippen molar-refractivity contribution in [2.24, 2.45) is 5.41 Å². The SMILES string of the molecule is CCCCCCCCCCCCCCCCCCOC[C@@H](O)COC(=O)C(C)(C)C. The number of carbonyl (C=O) groups is 1. The predicted octanol–water partition coefficient (Wildman–Crippen LogP) is 7.21. The summed E-state index contributed by atoms with van der Waals surface area (Å²) < 4.78 is 10.6. The molecule has 0 aliphatic heterocycles. The third-order valence-electron chi connectivity index (χ3n) is 5.47. The van der Waals surface area contributed by atoms with Crippen LogP contribution in [-0.4, -0.2) is 37.0 Å². The molecule has 4 heteroatoms. The van der Waals surface area contributed by atoms with E-state index >= 15 is 0 Å². The molecule has 1 atom stereocenters. The number of aliphatic hydroxyl groups excluding tert-OH is 1. The zero-order valence-electron chi connectivity index (χ0n) is 20.7. The van der Waals surface area contributed by atoms with Gasteiger partial charge in [0.25, 0.3) is 0 Å². The highest BCUT2D eigenvalue weighted by Gasteiger charge is 2.23. The number of aliphatic hydroxyl groups is 1. The quantitative estimate of drug-likeness (QED) is 0.155. The Morgan fingerprint density at radius 3 is 1.50 bits per heavy atom. The van der Waals surface area contributed by atoms with Gasteiger partial charge in [-0.3, -0.25) is 4.79 Å². The zero-order valence-corrected chi connectivity index (χ0v) is 20.7. The van der Waals surface area contributed by atoms with Gasteiger partial charge < -0.3 is 14.6 Å². The smallest absolute Gasteiger partial charge is 0.311 e. The molecule has 0 unspecified atom stereocenters. The van der Waals surface area contributed by atoms with Crippen LogP contribution < -0.4 is 0 Å². The van der Waals surface area contributed by atoms with Crippen molar-refractivity contribution in [2.75, 3.05) is 19.8 Å². The predicted molar refractivity (Wildman–Crippen MR) is 127 cm³/mol. The molecule has 0 aromatic rings. The molecule has 0 amide bonds. The molecule has 0 bridgehead atoms. The van der Waals surface area contributed by atoms with Gasteiger partial charge in [-0.15, -0.1) is 0 Å². The van der Waals surface area contributed by atoms with E-state index in [1.165, 1.54) is 96.3 Å². The van der Waals surface area contributed by atoms with Gasteiger partial charge in [-0.1, -0.05) is 103 Å². The maximum Gasteiger partial charge on any atom is 0.311 e. The Bertz CT molecular complexity index is 376. The fourth-order valence-electron chi connectivity index (χ4n) is 3.41. The minimum Gasteiger partial charge on any atom is -0.462 e.